The molecule has 1 aromatic carbocycles. The Morgan fingerprint density at radius 3 is 2.68 bits per heavy atom. The van der Waals surface area contributed by atoms with Crippen molar-refractivity contribution in [3.8, 4) is 0 Å². The summed E-state index contributed by atoms with van der Waals surface area (Å²) in [6, 6.07) is 5.60. The van der Waals surface area contributed by atoms with Crippen LogP contribution in [-0.4, -0.2) is 59.6 Å². The summed E-state index contributed by atoms with van der Waals surface area (Å²) in [5.74, 6) is -1.08. The number of halogens is 1. The lowest BCUT2D eigenvalue weighted by atomic mass is 9.76. The van der Waals surface area contributed by atoms with E-state index in [9.17, 15) is 19.1 Å². The highest BCUT2D eigenvalue weighted by atomic mass is 19.1. The third kappa shape index (κ3) is 3.92. The van der Waals surface area contributed by atoms with Crippen molar-refractivity contribution in [2.24, 2.45) is 5.41 Å². The van der Waals surface area contributed by atoms with Gasteiger partial charge in [0.25, 0.3) is 0 Å². The molecule has 1 spiro atoms. The molecule has 0 aromatic heterocycles. The molecule has 2 aliphatic rings. The van der Waals surface area contributed by atoms with E-state index in [1.165, 1.54) is 12.1 Å². The van der Waals surface area contributed by atoms with Gasteiger partial charge in [-0.1, -0.05) is 12.1 Å². The van der Waals surface area contributed by atoms with E-state index in [0.717, 1.165) is 24.9 Å². The molecule has 2 amide bonds. The number of rotatable bonds is 3. The number of urea groups is 1. The van der Waals surface area contributed by atoms with E-state index in [2.05, 4.69) is 5.32 Å². The lowest BCUT2D eigenvalue weighted by Gasteiger charge is -2.39. The first-order valence-electron chi connectivity index (χ1n) is 8.59. The number of likely N-dealkylation sites (N-methyl/N-ethyl adjacent to an activating group) is 1. The van der Waals surface area contributed by atoms with Gasteiger partial charge in [-0.3, -0.25) is 9.69 Å². The molecule has 2 N–H and O–H groups in total. The van der Waals surface area contributed by atoms with Crippen molar-refractivity contribution in [3.63, 3.8) is 0 Å². The second-order valence-corrected chi connectivity index (χ2v) is 7.25. The first-order chi connectivity index (χ1) is 11.9. The van der Waals surface area contributed by atoms with Gasteiger partial charge in [0.05, 0.1) is 0 Å². The molecule has 2 saturated heterocycles. The predicted molar refractivity (Wildman–Crippen MR) is 90.5 cm³/mol. The topological polar surface area (TPSA) is 72.9 Å². The number of nitrogens with one attached hydrogen (secondary N) is 1. The van der Waals surface area contributed by atoms with Crippen LogP contribution in [0.25, 0.3) is 0 Å². The summed E-state index contributed by atoms with van der Waals surface area (Å²) < 4.78 is 13.2. The molecule has 2 fully saturated rings. The van der Waals surface area contributed by atoms with Crippen LogP contribution in [-0.2, 0) is 11.3 Å². The lowest BCUT2D eigenvalue weighted by Crippen LogP contribution is -2.47. The van der Waals surface area contributed by atoms with Gasteiger partial charge in [-0.25, -0.2) is 9.18 Å². The van der Waals surface area contributed by atoms with E-state index in [4.69, 9.17) is 0 Å². The number of aliphatic carboxylic acids is 1. The summed E-state index contributed by atoms with van der Waals surface area (Å²) in [5.41, 5.74) is 0.723. The Hall–Kier alpha value is -2.15. The third-order valence-corrected chi connectivity index (χ3v) is 5.47. The van der Waals surface area contributed by atoms with E-state index in [1.54, 1.807) is 17.0 Å². The zero-order valence-corrected chi connectivity index (χ0v) is 14.4. The first-order valence-corrected chi connectivity index (χ1v) is 8.59. The minimum Gasteiger partial charge on any atom is -0.480 e. The van der Waals surface area contributed by atoms with Crippen LogP contribution in [0.1, 0.15) is 24.8 Å². The van der Waals surface area contributed by atoms with Gasteiger partial charge in [0, 0.05) is 26.2 Å². The molecule has 0 radical (unpaired) electrons. The van der Waals surface area contributed by atoms with E-state index < -0.39 is 12.0 Å². The fourth-order valence-corrected chi connectivity index (χ4v) is 4.03. The van der Waals surface area contributed by atoms with Crippen LogP contribution >= 0.6 is 0 Å². The Morgan fingerprint density at radius 1 is 1.36 bits per heavy atom. The Labute approximate surface area is 146 Å². The number of hydrogen-bond acceptors (Lipinski definition) is 3. The molecule has 7 heteroatoms. The Bertz CT molecular complexity index is 659. The average Bonchev–Trinajstić information content (AvgIpc) is 2.90. The fourth-order valence-electron chi connectivity index (χ4n) is 4.03. The number of nitrogens with zero attached hydrogens (tertiary/aromatic N) is 2. The number of carbonyl (C=O) groups is 2. The lowest BCUT2D eigenvalue weighted by molar-refractivity contribution is -0.141. The minimum absolute atomic E-state index is 0.00283. The molecule has 3 rings (SSSR count). The molecule has 1 aromatic rings. The molecule has 0 unspecified atom stereocenters. The maximum absolute atomic E-state index is 13.2. The average molecular weight is 349 g/mol. The van der Waals surface area contributed by atoms with Crippen molar-refractivity contribution in [1.29, 1.82) is 0 Å². The zero-order chi connectivity index (χ0) is 18.0. The molecule has 25 heavy (non-hydrogen) atoms. The molecule has 0 bridgehead atoms. The first kappa shape index (κ1) is 17.7. The van der Waals surface area contributed by atoms with Gasteiger partial charge in [0.15, 0.2) is 0 Å². The van der Waals surface area contributed by atoms with Crippen LogP contribution in [0.3, 0.4) is 0 Å². The molecule has 1 atom stereocenters. The van der Waals surface area contributed by atoms with E-state index in [-0.39, 0.29) is 17.3 Å². The Kier molecular flexibility index (Phi) is 4.94. The van der Waals surface area contributed by atoms with Crippen molar-refractivity contribution >= 4 is 12.0 Å². The van der Waals surface area contributed by atoms with Gasteiger partial charge in [-0.15, -0.1) is 0 Å². The Balaban J connectivity index is 1.50. The van der Waals surface area contributed by atoms with Gasteiger partial charge in [-0.05, 0) is 49.4 Å². The van der Waals surface area contributed by atoms with Crippen LogP contribution in [0.5, 0.6) is 0 Å². The smallest absolute Gasteiger partial charge is 0.320 e. The summed E-state index contributed by atoms with van der Waals surface area (Å²) in [7, 11) is 1.85. The highest BCUT2D eigenvalue weighted by Gasteiger charge is 2.47. The summed E-state index contributed by atoms with van der Waals surface area (Å²) in [4.78, 5) is 27.3. The summed E-state index contributed by atoms with van der Waals surface area (Å²) in [6.07, 6.45) is 2.28. The number of likely N-dealkylation sites (tertiary alicyclic amines) is 2. The van der Waals surface area contributed by atoms with Crippen LogP contribution in [0.2, 0.25) is 0 Å². The maximum Gasteiger partial charge on any atom is 0.320 e. The monoisotopic (exact) mass is 349 g/mol. The highest BCUT2D eigenvalue weighted by Crippen LogP contribution is 2.42. The van der Waals surface area contributed by atoms with Crippen LogP contribution in [0.15, 0.2) is 24.3 Å². The number of carbonyl (C=O) groups excluding carboxylic acids is 1. The minimum atomic E-state index is -0.769. The molecule has 136 valence electrons. The SMILES string of the molecule is CN1CC2(CCN(C(=O)NCc3cccc(F)c3)CC2)C[C@H]1C(=O)O. The van der Waals surface area contributed by atoms with Crippen molar-refractivity contribution in [2.75, 3.05) is 26.7 Å². The van der Waals surface area contributed by atoms with Crippen molar-refractivity contribution in [3.05, 3.63) is 35.6 Å². The fraction of sp³-hybridized carbons (Fsp3) is 0.556. The molecular formula is C18H24FN3O3. The second-order valence-electron chi connectivity index (χ2n) is 7.25. The molecular weight excluding hydrogens is 325 g/mol. The van der Waals surface area contributed by atoms with Crippen molar-refractivity contribution < 1.29 is 19.1 Å². The normalized spacial score (nSPS) is 23.0. The molecule has 6 nitrogen and oxygen atoms in total. The molecule has 2 aliphatic heterocycles. The number of carboxylic acids is 1. The number of benzene rings is 1. The number of carboxylic acid groups (broad SMARTS) is 1. The van der Waals surface area contributed by atoms with Gasteiger partial charge in [-0.2, -0.15) is 0 Å². The van der Waals surface area contributed by atoms with E-state index in [0.29, 0.717) is 26.1 Å². The van der Waals surface area contributed by atoms with Crippen LogP contribution in [0.4, 0.5) is 9.18 Å². The predicted octanol–water partition coefficient (Wildman–Crippen LogP) is 1.91. The van der Waals surface area contributed by atoms with Gasteiger partial charge >= 0.3 is 12.0 Å². The largest absolute Gasteiger partial charge is 0.480 e. The molecule has 0 saturated carbocycles. The van der Waals surface area contributed by atoms with E-state index >= 15 is 0 Å². The zero-order valence-electron chi connectivity index (χ0n) is 14.4. The van der Waals surface area contributed by atoms with E-state index in [1.807, 2.05) is 11.9 Å². The number of hydrogen-bond donors (Lipinski definition) is 2. The highest BCUT2D eigenvalue weighted by molar-refractivity contribution is 5.75. The summed E-state index contributed by atoms with van der Waals surface area (Å²) in [5, 5.41) is 12.1. The van der Waals surface area contributed by atoms with Crippen LogP contribution in [0, 0.1) is 11.2 Å². The van der Waals surface area contributed by atoms with Crippen molar-refractivity contribution in [2.45, 2.75) is 31.8 Å². The molecule has 0 aliphatic carbocycles. The van der Waals surface area contributed by atoms with Gasteiger partial charge < -0.3 is 15.3 Å². The second kappa shape index (κ2) is 7.00. The summed E-state index contributed by atoms with van der Waals surface area (Å²) in [6.45, 7) is 2.30. The number of piperidine rings is 1. The Morgan fingerprint density at radius 2 is 2.08 bits per heavy atom. The van der Waals surface area contributed by atoms with Gasteiger partial charge in [0.1, 0.15) is 11.9 Å². The van der Waals surface area contributed by atoms with Gasteiger partial charge in [0.2, 0.25) is 0 Å². The molecule has 2 heterocycles. The standard InChI is InChI=1S/C18H24FN3O3/c1-21-12-18(10-15(21)16(23)24)5-7-22(8-6-18)17(25)20-11-13-3-2-4-14(19)9-13/h2-4,9,15H,5-8,10-12H2,1H3,(H,20,25)(H,23,24)/t15-/m0/s1. The van der Waals surface area contributed by atoms with Crippen molar-refractivity contribution in [1.82, 2.24) is 15.1 Å². The summed E-state index contributed by atoms with van der Waals surface area (Å²) >= 11 is 0. The third-order valence-electron chi connectivity index (χ3n) is 5.47. The maximum atomic E-state index is 13.2. The quantitative estimate of drug-likeness (QED) is 0.874. The number of amides is 2. The van der Waals surface area contributed by atoms with Crippen LogP contribution < -0.4 is 5.32 Å².